The zero-order chi connectivity index (χ0) is 11.7. The van der Waals surface area contributed by atoms with Gasteiger partial charge in [-0.05, 0) is 36.2 Å². The van der Waals surface area contributed by atoms with Gasteiger partial charge in [0, 0.05) is 11.8 Å². The van der Waals surface area contributed by atoms with Gasteiger partial charge in [-0.15, -0.1) is 0 Å². The maximum atomic E-state index is 13.3. The number of hydrogen-bond donors (Lipinski definition) is 2. The van der Waals surface area contributed by atoms with Gasteiger partial charge in [0.1, 0.15) is 11.6 Å². The van der Waals surface area contributed by atoms with E-state index >= 15 is 0 Å². The third-order valence-corrected chi connectivity index (χ3v) is 2.48. The van der Waals surface area contributed by atoms with E-state index in [1.165, 1.54) is 12.1 Å². The molecule has 0 spiro atoms. The summed E-state index contributed by atoms with van der Waals surface area (Å²) in [5.41, 5.74) is 13.7. The summed E-state index contributed by atoms with van der Waals surface area (Å²) >= 11 is 0. The molecule has 0 saturated carbocycles. The summed E-state index contributed by atoms with van der Waals surface area (Å²) in [6, 6.07) is 6.46. The molecule has 0 aliphatic rings. The highest BCUT2D eigenvalue weighted by atomic mass is 19.1. The van der Waals surface area contributed by atoms with Gasteiger partial charge in [0.25, 0.3) is 0 Å². The van der Waals surface area contributed by atoms with E-state index in [4.69, 9.17) is 11.5 Å². The quantitative estimate of drug-likeness (QED) is 0.721. The second-order valence-electron chi connectivity index (χ2n) is 3.62. The van der Waals surface area contributed by atoms with E-state index in [9.17, 15) is 4.39 Å². The lowest BCUT2D eigenvalue weighted by molar-refractivity contribution is 0.633. The molecule has 4 heteroatoms. The first kappa shape index (κ1) is 10.4. The predicted octanol–water partition coefficient (Wildman–Crippen LogP) is 2.36. The Kier molecular flexibility index (Phi) is 2.48. The molecule has 0 radical (unpaired) electrons. The third kappa shape index (κ3) is 1.69. The molecule has 1 aromatic carbocycles. The van der Waals surface area contributed by atoms with Crippen molar-refractivity contribution in [3.05, 3.63) is 41.8 Å². The highest BCUT2D eigenvalue weighted by molar-refractivity contribution is 5.77. The second kappa shape index (κ2) is 3.81. The maximum Gasteiger partial charge on any atom is 0.146 e. The number of pyridine rings is 1. The molecule has 2 aromatic rings. The van der Waals surface area contributed by atoms with Crippen molar-refractivity contribution in [1.82, 2.24) is 4.98 Å². The molecule has 0 amide bonds. The minimum absolute atomic E-state index is 0.129. The van der Waals surface area contributed by atoms with Gasteiger partial charge in [-0.25, -0.2) is 9.37 Å². The van der Waals surface area contributed by atoms with Crippen molar-refractivity contribution in [1.29, 1.82) is 0 Å². The molecule has 2 rings (SSSR count). The number of aromatic nitrogens is 1. The molecule has 0 aliphatic carbocycles. The Morgan fingerprint density at radius 3 is 2.56 bits per heavy atom. The van der Waals surface area contributed by atoms with Crippen molar-refractivity contribution in [3.8, 4) is 11.1 Å². The van der Waals surface area contributed by atoms with Crippen LogP contribution >= 0.6 is 0 Å². The van der Waals surface area contributed by atoms with E-state index in [2.05, 4.69) is 4.98 Å². The van der Waals surface area contributed by atoms with Crippen LogP contribution in [0.1, 0.15) is 5.56 Å². The number of rotatable bonds is 1. The van der Waals surface area contributed by atoms with Gasteiger partial charge in [-0.1, -0.05) is 6.07 Å². The van der Waals surface area contributed by atoms with Gasteiger partial charge in [-0.3, -0.25) is 0 Å². The summed E-state index contributed by atoms with van der Waals surface area (Å²) in [6.07, 6.45) is 1.63. The lowest BCUT2D eigenvalue weighted by atomic mass is 10.0. The van der Waals surface area contributed by atoms with Crippen LogP contribution in [0.5, 0.6) is 0 Å². The SMILES string of the molecule is Cc1ccnc(N)c1-c1ccc(N)c(F)c1. The smallest absolute Gasteiger partial charge is 0.146 e. The Balaban J connectivity index is 2.63. The summed E-state index contributed by atoms with van der Waals surface area (Å²) in [5.74, 6) is -0.0516. The minimum atomic E-state index is -0.444. The monoisotopic (exact) mass is 217 g/mol. The molecule has 0 atom stereocenters. The van der Waals surface area contributed by atoms with Crippen LogP contribution in [0, 0.1) is 12.7 Å². The Morgan fingerprint density at radius 2 is 1.94 bits per heavy atom. The van der Waals surface area contributed by atoms with Gasteiger partial charge in [0.2, 0.25) is 0 Å². The van der Waals surface area contributed by atoms with E-state index < -0.39 is 5.82 Å². The second-order valence-corrected chi connectivity index (χ2v) is 3.62. The first-order valence-electron chi connectivity index (χ1n) is 4.86. The third-order valence-electron chi connectivity index (χ3n) is 2.48. The van der Waals surface area contributed by atoms with Crippen molar-refractivity contribution in [2.45, 2.75) is 6.92 Å². The number of nitrogens with two attached hydrogens (primary N) is 2. The van der Waals surface area contributed by atoms with Crippen LogP contribution in [0.3, 0.4) is 0 Å². The van der Waals surface area contributed by atoms with Crippen molar-refractivity contribution in [2.75, 3.05) is 11.5 Å². The zero-order valence-electron chi connectivity index (χ0n) is 8.87. The zero-order valence-corrected chi connectivity index (χ0v) is 8.87. The Bertz CT molecular complexity index is 518. The summed E-state index contributed by atoms with van der Waals surface area (Å²) in [7, 11) is 0. The topological polar surface area (TPSA) is 64.9 Å². The van der Waals surface area contributed by atoms with Gasteiger partial charge >= 0.3 is 0 Å². The van der Waals surface area contributed by atoms with Crippen molar-refractivity contribution in [3.63, 3.8) is 0 Å². The molecule has 3 nitrogen and oxygen atoms in total. The van der Waals surface area contributed by atoms with Crippen LogP contribution in [-0.2, 0) is 0 Å². The van der Waals surface area contributed by atoms with E-state index in [1.54, 1.807) is 12.3 Å². The van der Waals surface area contributed by atoms with Crippen LogP contribution in [0.25, 0.3) is 11.1 Å². The Hall–Kier alpha value is -2.10. The van der Waals surface area contributed by atoms with E-state index in [0.29, 0.717) is 11.4 Å². The summed E-state index contributed by atoms with van der Waals surface area (Å²) < 4.78 is 13.3. The molecule has 0 fully saturated rings. The molecule has 16 heavy (non-hydrogen) atoms. The fourth-order valence-corrected chi connectivity index (χ4v) is 1.64. The van der Waals surface area contributed by atoms with Crippen LogP contribution in [0.15, 0.2) is 30.5 Å². The molecule has 0 unspecified atom stereocenters. The molecular formula is C12H12FN3. The number of halogens is 1. The minimum Gasteiger partial charge on any atom is -0.396 e. The highest BCUT2D eigenvalue weighted by Gasteiger charge is 2.09. The average molecular weight is 217 g/mol. The molecule has 0 aliphatic heterocycles. The van der Waals surface area contributed by atoms with Crippen molar-refractivity contribution < 1.29 is 4.39 Å². The van der Waals surface area contributed by atoms with E-state index in [1.807, 2.05) is 13.0 Å². The first-order chi connectivity index (χ1) is 7.59. The fraction of sp³-hybridized carbons (Fsp3) is 0.0833. The number of nitrogen functional groups attached to an aromatic ring is 2. The maximum absolute atomic E-state index is 13.3. The van der Waals surface area contributed by atoms with Gasteiger partial charge in [0.15, 0.2) is 0 Å². The van der Waals surface area contributed by atoms with Crippen LogP contribution in [-0.4, -0.2) is 4.98 Å². The van der Waals surface area contributed by atoms with Crippen LogP contribution in [0.4, 0.5) is 15.9 Å². The first-order valence-corrected chi connectivity index (χ1v) is 4.86. The number of benzene rings is 1. The molecule has 4 N–H and O–H groups in total. The molecule has 0 saturated heterocycles. The molecule has 1 aromatic heterocycles. The standard InChI is InChI=1S/C12H12FN3/c1-7-4-5-16-12(15)11(7)8-2-3-10(14)9(13)6-8/h2-6H,14H2,1H3,(H2,15,16). The van der Waals surface area contributed by atoms with Crippen molar-refractivity contribution >= 4 is 11.5 Å². The van der Waals surface area contributed by atoms with Crippen LogP contribution < -0.4 is 11.5 Å². The van der Waals surface area contributed by atoms with Gasteiger partial charge in [0.05, 0.1) is 5.69 Å². The Morgan fingerprint density at radius 1 is 1.19 bits per heavy atom. The summed E-state index contributed by atoms with van der Waals surface area (Å²) in [5, 5.41) is 0. The normalized spacial score (nSPS) is 10.4. The van der Waals surface area contributed by atoms with E-state index in [0.717, 1.165) is 11.1 Å². The molecule has 1 heterocycles. The summed E-state index contributed by atoms with van der Waals surface area (Å²) in [6.45, 7) is 1.90. The number of nitrogens with zero attached hydrogens (tertiary/aromatic N) is 1. The average Bonchev–Trinajstić information content (AvgIpc) is 2.23. The number of anilines is 2. The molecular weight excluding hydrogens is 205 g/mol. The molecule has 0 bridgehead atoms. The van der Waals surface area contributed by atoms with Crippen LogP contribution in [0.2, 0.25) is 0 Å². The summed E-state index contributed by atoms with van der Waals surface area (Å²) in [4.78, 5) is 3.99. The molecule has 82 valence electrons. The van der Waals surface area contributed by atoms with Gasteiger partial charge < -0.3 is 11.5 Å². The Labute approximate surface area is 92.9 Å². The number of aryl methyl sites for hydroxylation is 1. The highest BCUT2D eigenvalue weighted by Crippen LogP contribution is 2.29. The van der Waals surface area contributed by atoms with Gasteiger partial charge in [-0.2, -0.15) is 0 Å². The van der Waals surface area contributed by atoms with E-state index in [-0.39, 0.29) is 5.69 Å². The lowest BCUT2D eigenvalue weighted by Crippen LogP contribution is -1.97. The lowest BCUT2D eigenvalue weighted by Gasteiger charge is -2.09. The van der Waals surface area contributed by atoms with Crippen molar-refractivity contribution in [2.24, 2.45) is 0 Å². The predicted molar refractivity (Wildman–Crippen MR) is 63.2 cm³/mol. The fourth-order valence-electron chi connectivity index (χ4n) is 1.64. The number of hydrogen-bond acceptors (Lipinski definition) is 3. The largest absolute Gasteiger partial charge is 0.396 e.